The van der Waals surface area contributed by atoms with Crippen LogP contribution in [0.25, 0.3) is 0 Å². The van der Waals surface area contributed by atoms with Crippen molar-refractivity contribution in [3.8, 4) is 0 Å². The van der Waals surface area contributed by atoms with Gasteiger partial charge in [-0.1, -0.05) is 20.3 Å². The maximum atomic E-state index is 9.90. The largest absolute Gasteiger partial charge is 0.389 e. The van der Waals surface area contributed by atoms with Crippen LogP contribution in [0.2, 0.25) is 0 Å². The van der Waals surface area contributed by atoms with Crippen molar-refractivity contribution in [3.63, 3.8) is 0 Å². The van der Waals surface area contributed by atoms with Crippen molar-refractivity contribution in [3.05, 3.63) is 0 Å². The highest BCUT2D eigenvalue weighted by Crippen LogP contribution is 2.29. The molecule has 3 atom stereocenters. The lowest BCUT2D eigenvalue weighted by atomic mass is 9.79. The minimum absolute atomic E-state index is 0.356. The van der Waals surface area contributed by atoms with Crippen molar-refractivity contribution in [1.29, 1.82) is 0 Å². The first-order valence-corrected chi connectivity index (χ1v) is 7.66. The van der Waals surface area contributed by atoms with Crippen molar-refractivity contribution in [1.82, 2.24) is 5.32 Å². The number of aliphatic hydroxyl groups excluding tert-OH is 1. The summed E-state index contributed by atoms with van der Waals surface area (Å²) in [5, 5.41) is 13.4. The van der Waals surface area contributed by atoms with Gasteiger partial charge in [0, 0.05) is 19.2 Å². The van der Waals surface area contributed by atoms with Crippen LogP contribution in [0.5, 0.6) is 0 Å². The van der Waals surface area contributed by atoms with Crippen molar-refractivity contribution >= 4 is 0 Å². The Kier molecular flexibility index (Phi) is 5.46. The molecule has 0 aromatic carbocycles. The molecule has 0 bridgehead atoms. The number of aliphatic hydroxyl groups is 1. The first-order chi connectivity index (χ1) is 8.66. The molecule has 106 valence electrons. The van der Waals surface area contributed by atoms with Gasteiger partial charge in [-0.15, -0.1) is 0 Å². The van der Waals surface area contributed by atoms with Crippen LogP contribution in [0.3, 0.4) is 0 Å². The number of ether oxygens (including phenoxy) is 1. The maximum absolute atomic E-state index is 9.90. The van der Waals surface area contributed by atoms with E-state index in [1.54, 1.807) is 0 Å². The zero-order valence-electron chi connectivity index (χ0n) is 11.9. The molecule has 0 amide bonds. The van der Waals surface area contributed by atoms with Gasteiger partial charge in [-0.05, 0) is 43.4 Å². The lowest BCUT2D eigenvalue weighted by Crippen LogP contribution is -2.46. The van der Waals surface area contributed by atoms with Crippen molar-refractivity contribution in [2.45, 2.75) is 58.1 Å². The molecule has 2 aliphatic carbocycles. The predicted octanol–water partition coefficient (Wildman–Crippen LogP) is 2.19. The molecule has 0 aromatic heterocycles. The van der Waals surface area contributed by atoms with Crippen molar-refractivity contribution < 1.29 is 9.84 Å². The van der Waals surface area contributed by atoms with Crippen LogP contribution in [-0.4, -0.2) is 37.0 Å². The Hall–Kier alpha value is -0.120. The Morgan fingerprint density at radius 2 is 1.83 bits per heavy atom. The van der Waals surface area contributed by atoms with Gasteiger partial charge in [0.1, 0.15) is 0 Å². The molecule has 0 aliphatic heterocycles. The number of hydrogen-bond acceptors (Lipinski definition) is 3. The average Bonchev–Trinajstić information content (AvgIpc) is 3.12. The Morgan fingerprint density at radius 1 is 1.17 bits per heavy atom. The molecule has 3 heteroatoms. The molecule has 2 rings (SSSR count). The summed E-state index contributed by atoms with van der Waals surface area (Å²) >= 11 is 0. The number of nitrogens with one attached hydrogen (secondary N) is 1. The van der Waals surface area contributed by atoms with E-state index in [9.17, 15) is 5.11 Å². The smallest absolute Gasteiger partial charge is 0.0897 e. The van der Waals surface area contributed by atoms with Crippen LogP contribution in [0.1, 0.15) is 46.0 Å². The average molecular weight is 255 g/mol. The lowest BCUT2D eigenvalue weighted by Gasteiger charge is -2.35. The molecule has 2 fully saturated rings. The maximum Gasteiger partial charge on any atom is 0.0897 e. The summed E-state index contributed by atoms with van der Waals surface area (Å²) in [7, 11) is 0. The van der Waals surface area contributed by atoms with Crippen LogP contribution in [0.4, 0.5) is 0 Å². The molecular formula is C15H29NO2. The van der Waals surface area contributed by atoms with Crippen LogP contribution in [0.15, 0.2) is 0 Å². The zero-order chi connectivity index (χ0) is 13.0. The highest BCUT2D eigenvalue weighted by atomic mass is 16.5. The van der Waals surface area contributed by atoms with E-state index in [4.69, 9.17) is 4.74 Å². The Balaban J connectivity index is 1.59. The summed E-state index contributed by atoms with van der Waals surface area (Å²) in [4.78, 5) is 0. The van der Waals surface area contributed by atoms with Crippen LogP contribution in [-0.2, 0) is 4.74 Å². The Morgan fingerprint density at radius 3 is 2.44 bits per heavy atom. The highest BCUT2D eigenvalue weighted by molar-refractivity contribution is 4.84. The molecule has 0 spiro atoms. The topological polar surface area (TPSA) is 41.5 Å². The minimum atomic E-state index is -0.356. The monoisotopic (exact) mass is 255 g/mol. The zero-order valence-corrected chi connectivity index (χ0v) is 11.9. The molecule has 18 heavy (non-hydrogen) atoms. The SMILES string of the molecule is C[C@@H]1CCC[C@@H](C)C1NC[C@@H](O)COCC1CC1. The van der Waals surface area contributed by atoms with Crippen LogP contribution < -0.4 is 5.32 Å². The van der Waals surface area contributed by atoms with Gasteiger partial charge in [-0.2, -0.15) is 0 Å². The normalized spacial score (nSPS) is 31.5. The van der Waals surface area contributed by atoms with E-state index in [1.165, 1.54) is 32.1 Å². The van der Waals surface area contributed by atoms with E-state index in [0.717, 1.165) is 24.4 Å². The van der Waals surface area contributed by atoms with Gasteiger partial charge in [0.2, 0.25) is 0 Å². The van der Waals surface area contributed by atoms with E-state index >= 15 is 0 Å². The van der Waals surface area contributed by atoms with Gasteiger partial charge in [0.25, 0.3) is 0 Å². The first kappa shape index (κ1) is 14.3. The molecular weight excluding hydrogens is 226 g/mol. The standard InChI is InChI=1S/C15H29NO2/c1-11-4-3-5-12(2)15(11)16-8-14(17)10-18-9-13-6-7-13/h11-17H,3-10H2,1-2H3/t11-,12-,14-/m1/s1. The fourth-order valence-corrected chi connectivity index (χ4v) is 3.07. The molecule has 0 radical (unpaired) electrons. The van der Waals surface area contributed by atoms with Crippen LogP contribution in [0, 0.1) is 17.8 Å². The van der Waals surface area contributed by atoms with Gasteiger partial charge >= 0.3 is 0 Å². The van der Waals surface area contributed by atoms with Gasteiger partial charge in [0.15, 0.2) is 0 Å². The van der Waals surface area contributed by atoms with E-state index in [0.29, 0.717) is 19.2 Å². The third-order valence-corrected chi connectivity index (χ3v) is 4.49. The molecule has 2 N–H and O–H groups in total. The Labute approximate surface area is 111 Å². The second-order valence-corrected chi connectivity index (χ2v) is 6.45. The third-order valence-electron chi connectivity index (χ3n) is 4.49. The molecule has 2 saturated carbocycles. The molecule has 3 nitrogen and oxygen atoms in total. The number of hydrogen-bond donors (Lipinski definition) is 2. The summed E-state index contributed by atoms with van der Waals surface area (Å²) in [6, 6.07) is 0.567. The highest BCUT2D eigenvalue weighted by Gasteiger charge is 2.27. The fourth-order valence-electron chi connectivity index (χ4n) is 3.07. The lowest BCUT2D eigenvalue weighted by molar-refractivity contribution is 0.0279. The van der Waals surface area contributed by atoms with Gasteiger partial charge in [-0.25, -0.2) is 0 Å². The second-order valence-electron chi connectivity index (χ2n) is 6.45. The van der Waals surface area contributed by atoms with Crippen molar-refractivity contribution in [2.75, 3.05) is 19.8 Å². The van der Waals surface area contributed by atoms with Gasteiger partial charge in [-0.3, -0.25) is 0 Å². The molecule has 2 aliphatic rings. The van der Waals surface area contributed by atoms with Crippen molar-refractivity contribution in [2.24, 2.45) is 17.8 Å². The number of rotatable bonds is 7. The summed E-state index contributed by atoms with van der Waals surface area (Å²) in [6.45, 7) is 6.64. The molecule has 0 unspecified atom stereocenters. The Bertz CT molecular complexity index is 233. The summed E-state index contributed by atoms with van der Waals surface area (Å²) < 4.78 is 5.52. The molecule has 0 saturated heterocycles. The third kappa shape index (κ3) is 4.52. The van der Waals surface area contributed by atoms with Gasteiger partial charge < -0.3 is 15.2 Å². The fraction of sp³-hybridized carbons (Fsp3) is 1.00. The van der Waals surface area contributed by atoms with E-state index in [-0.39, 0.29) is 6.10 Å². The van der Waals surface area contributed by atoms with E-state index < -0.39 is 0 Å². The molecule has 0 aromatic rings. The van der Waals surface area contributed by atoms with Gasteiger partial charge in [0.05, 0.1) is 12.7 Å². The summed E-state index contributed by atoms with van der Waals surface area (Å²) in [5.41, 5.74) is 0. The van der Waals surface area contributed by atoms with E-state index in [2.05, 4.69) is 19.2 Å². The first-order valence-electron chi connectivity index (χ1n) is 7.66. The predicted molar refractivity (Wildman–Crippen MR) is 73.5 cm³/mol. The quantitative estimate of drug-likeness (QED) is 0.733. The molecule has 0 heterocycles. The second kappa shape index (κ2) is 6.88. The van der Waals surface area contributed by atoms with Crippen LogP contribution >= 0.6 is 0 Å². The summed E-state index contributed by atoms with van der Waals surface area (Å²) in [5.74, 6) is 2.24. The summed E-state index contributed by atoms with van der Waals surface area (Å²) in [6.07, 6.45) is 6.25. The minimum Gasteiger partial charge on any atom is -0.389 e. The van der Waals surface area contributed by atoms with E-state index in [1.807, 2.05) is 0 Å².